The molecule has 2 heterocycles. The Labute approximate surface area is 106 Å². The van der Waals surface area contributed by atoms with Gasteiger partial charge in [0, 0.05) is 23.9 Å². The molecule has 94 valence electrons. The van der Waals surface area contributed by atoms with Crippen molar-refractivity contribution in [2.24, 2.45) is 5.84 Å². The smallest absolute Gasteiger partial charge is 0.122 e. The molecular weight excluding hydrogens is 228 g/mol. The van der Waals surface area contributed by atoms with Gasteiger partial charge in [0.25, 0.3) is 0 Å². The number of nitrogens with one attached hydrogen (secondary N) is 1. The van der Waals surface area contributed by atoms with Crippen molar-refractivity contribution in [3.8, 4) is 5.75 Å². The molecule has 4 heteroatoms. The first-order chi connectivity index (χ1) is 8.88. The SMILES string of the molecule is NNC(Cc1ccco1)C1COc2ccccc21. The fourth-order valence-electron chi connectivity index (χ4n) is 2.48. The molecule has 2 unspecified atom stereocenters. The Balaban J connectivity index is 1.81. The maximum Gasteiger partial charge on any atom is 0.122 e. The normalized spacial score (nSPS) is 19.3. The molecule has 0 aliphatic carbocycles. The Kier molecular flexibility index (Phi) is 3.04. The molecule has 0 radical (unpaired) electrons. The van der Waals surface area contributed by atoms with Crippen molar-refractivity contribution in [1.82, 2.24) is 5.43 Å². The van der Waals surface area contributed by atoms with Gasteiger partial charge in [-0.1, -0.05) is 18.2 Å². The summed E-state index contributed by atoms with van der Waals surface area (Å²) in [5, 5.41) is 0. The molecule has 2 aromatic rings. The number of hydrogen-bond acceptors (Lipinski definition) is 4. The molecule has 1 aromatic carbocycles. The van der Waals surface area contributed by atoms with Crippen LogP contribution in [0.1, 0.15) is 17.2 Å². The monoisotopic (exact) mass is 244 g/mol. The van der Waals surface area contributed by atoms with Gasteiger partial charge in [0.1, 0.15) is 11.5 Å². The maximum absolute atomic E-state index is 5.69. The van der Waals surface area contributed by atoms with E-state index in [1.165, 1.54) is 5.56 Å². The second-order valence-corrected chi connectivity index (χ2v) is 4.51. The van der Waals surface area contributed by atoms with E-state index in [-0.39, 0.29) is 12.0 Å². The van der Waals surface area contributed by atoms with Gasteiger partial charge in [0.15, 0.2) is 0 Å². The molecule has 3 N–H and O–H groups in total. The second-order valence-electron chi connectivity index (χ2n) is 4.51. The van der Waals surface area contributed by atoms with E-state index in [9.17, 15) is 0 Å². The number of nitrogens with two attached hydrogens (primary N) is 1. The summed E-state index contributed by atoms with van der Waals surface area (Å²) in [5.74, 6) is 7.83. The van der Waals surface area contributed by atoms with Gasteiger partial charge in [-0.2, -0.15) is 0 Å². The van der Waals surface area contributed by atoms with Crippen LogP contribution in [0, 0.1) is 0 Å². The maximum atomic E-state index is 5.69. The number of rotatable bonds is 4. The van der Waals surface area contributed by atoms with Crippen LogP contribution in [-0.4, -0.2) is 12.6 Å². The van der Waals surface area contributed by atoms with Crippen LogP contribution in [0.4, 0.5) is 0 Å². The largest absolute Gasteiger partial charge is 0.493 e. The quantitative estimate of drug-likeness (QED) is 0.636. The molecule has 1 aliphatic rings. The summed E-state index contributed by atoms with van der Waals surface area (Å²) in [4.78, 5) is 0. The van der Waals surface area contributed by atoms with E-state index in [1.807, 2.05) is 30.3 Å². The first kappa shape index (κ1) is 11.3. The molecule has 0 saturated carbocycles. The fourth-order valence-corrected chi connectivity index (χ4v) is 2.48. The lowest BCUT2D eigenvalue weighted by atomic mass is 9.91. The summed E-state index contributed by atoms with van der Waals surface area (Å²) in [6.45, 7) is 0.662. The predicted molar refractivity (Wildman–Crippen MR) is 68.2 cm³/mol. The summed E-state index contributed by atoms with van der Waals surface area (Å²) >= 11 is 0. The zero-order chi connectivity index (χ0) is 12.4. The number of hydrogen-bond donors (Lipinski definition) is 2. The van der Waals surface area contributed by atoms with Crippen LogP contribution < -0.4 is 16.0 Å². The summed E-state index contributed by atoms with van der Waals surface area (Å²) in [7, 11) is 0. The Bertz CT molecular complexity index is 510. The van der Waals surface area contributed by atoms with Gasteiger partial charge in [0.2, 0.25) is 0 Å². The molecule has 0 bridgehead atoms. The van der Waals surface area contributed by atoms with E-state index < -0.39 is 0 Å². The molecule has 2 atom stereocenters. The molecule has 1 aliphatic heterocycles. The molecule has 0 saturated heterocycles. The second kappa shape index (κ2) is 4.84. The lowest BCUT2D eigenvalue weighted by Crippen LogP contribution is -2.41. The van der Waals surface area contributed by atoms with E-state index in [2.05, 4.69) is 11.5 Å². The summed E-state index contributed by atoms with van der Waals surface area (Å²) in [6.07, 6.45) is 2.44. The van der Waals surface area contributed by atoms with Crippen LogP contribution in [0.3, 0.4) is 0 Å². The number of furan rings is 1. The fraction of sp³-hybridized carbons (Fsp3) is 0.286. The third kappa shape index (κ3) is 2.00. The van der Waals surface area contributed by atoms with Gasteiger partial charge in [-0.25, -0.2) is 0 Å². The van der Waals surface area contributed by atoms with Crippen molar-refractivity contribution < 1.29 is 9.15 Å². The zero-order valence-electron chi connectivity index (χ0n) is 10.0. The first-order valence-electron chi connectivity index (χ1n) is 6.08. The molecular formula is C14H16N2O2. The highest BCUT2D eigenvalue weighted by molar-refractivity contribution is 5.40. The van der Waals surface area contributed by atoms with Gasteiger partial charge >= 0.3 is 0 Å². The molecule has 4 nitrogen and oxygen atoms in total. The molecule has 0 fully saturated rings. The average Bonchev–Trinajstić information content (AvgIpc) is 3.05. The number of benzene rings is 1. The van der Waals surface area contributed by atoms with Crippen molar-refractivity contribution in [3.05, 3.63) is 54.0 Å². The van der Waals surface area contributed by atoms with Crippen LogP contribution >= 0.6 is 0 Å². The summed E-state index contributed by atoms with van der Waals surface area (Å²) in [6, 6.07) is 12.1. The molecule has 1 aromatic heterocycles. The predicted octanol–water partition coefficient (Wildman–Crippen LogP) is 1.83. The zero-order valence-corrected chi connectivity index (χ0v) is 10.0. The third-order valence-corrected chi connectivity index (χ3v) is 3.44. The highest BCUT2D eigenvalue weighted by Crippen LogP contribution is 2.36. The van der Waals surface area contributed by atoms with Gasteiger partial charge in [-0.15, -0.1) is 0 Å². The molecule has 0 amide bonds. The van der Waals surface area contributed by atoms with E-state index in [0.29, 0.717) is 6.61 Å². The van der Waals surface area contributed by atoms with E-state index in [4.69, 9.17) is 15.0 Å². The molecule has 18 heavy (non-hydrogen) atoms. The summed E-state index contributed by atoms with van der Waals surface area (Å²) in [5.41, 5.74) is 4.10. The van der Waals surface area contributed by atoms with Crippen molar-refractivity contribution in [2.45, 2.75) is 18.4 Å². The topological polar surface area (TPSA) is 60.4 Å². The Morgan fingerprint density at radius 1 is 1.28 bits per heavy atom. The molecule has 0 spiro atoms. The van der Waals surface area contributed by atoms with Crippen LogP contribution in [0.25, 0.3) is 0 Å². The van der Waals surface area contributed by atoms with Crippen molar-refractivity contribution >= 4 is 0 Å². The number of fused-ring (bicyclic) bond motifs is 1. The number of ether oxygens (including phenoxy) is 1. The van der Waals surface area contributed by atoms with E-state index >= 15 is 0 Å². The van der Waals surface area contributed by atoms with Crippen LogP contribution in [0.5, 0.6) is 5.75 Å². The third-order valence-electron chi connectivity index (χ3n) is 3.44. The van der Waals surface area contributed by atoms with Crippen LogP contribution in [0.2, 0.25) is 0 Å². The average molecular weight is 244 g/mol. The minimum atomic E-state index is 0.111. The standard InChI is InChI=1S/C14H16N2O2/c15-16-13(8-10-4-3-7-17-10)12-9-18-14-6-2-1-5-11(12)14/h1-7,12-13,16H,8-9,15H2. The van der Waals surface area contributed by atoms with Crippen molar-refractivity contribution in [1.29, 1.82) is 0 Å². The van der Waals surface area contributed by atoms with E-state index in [0.717, 1.165) is 17.9 Å². The van der Waals surface area contributed by atoms with Crippen molar-refractivity contribution in [2.75, 3.05) is 6.61 Å². The summed E-state index contributed by atoms with van der Waals surface area (Å²) < 4.78 is 11.1. The highest BCUT2D eigenvalue weighted by Gasteiger charge is 2.31. The highest BCUT2D eigenvalue weighted by atomic mass is 16.5. The van der Waals surface area contributed by atoms with Crippen LogP contribution in [-0.2, 0) is 6.42 Å². The lowest BCUT2D eigenvalue weighted by Gasteiger charge is -2.20. The first-order valence-corrected chi connectivity index (χ1v) is 6.08. The number of hydrazine groups is 1. The van der Waals surface area contributed by atoms with Crippen LogP contribution in [0.15, 0.2) is 47.1 Å². The van der Waals surface area contributed by atoms with Gasteiger partial charge in [-0.05, 0) is 18.2 Å². The lowest BCUT2D eigenvalue weighted by molar-refractivity contribution is 0.292. The Morgan fingerprint density at radius 3 is 2.94 bits per heavy atom. The minimum Gasteiger partial charge on any atom is -0.493 e. The van der Waals surface area contributed by atoms with E-state index in [1.54, 1.807) is 6.26 Å². The van der Waals surface area contributed by atoms with Gasteiger partial charge < -0.3 is 9.15 Å². The van der Waals surface area contributed by atoms with Gasteiger partial charge in [-0.3, -0.25) is 11.3 Å². The minimum absolute atomic E-state index is 0.111. The van der Waals surface area contributed by atoms with Crippen molar-refractivity contribution in [3.63, 3.8) is 0 Å². The molecule has 3 rings (SSSR count). The Hall–Kier alpha value is -1.78. The number of para-hydroxylation sites is 1. The van der Waals surface area contributed by atoms with Gasteiger partial charge in [0.05, 0.1) is 12.9 Å². The Morgan fingerprint density at radius 2 is 2.17 bits per heavy atom.